The summed E-state index contributed by atoms with van der Waals surface area (Å²) in [5.41, 5.74) is 6.02. The van der Waals surface area contributed by atoms with Crippen LogP contribution >= 0.6 is 0 Å². The molecule has 9 nitrogen and oxygen atoms in total. The predicted octanol–water partition coefficient (Wildman–Crippen LogP) is 0.182. The lowest BCUT2D eigenvalue weighted by Crippen LogP contribution is -2.58. The Bertz CT molecular complexity index is 687. The number of benzene rings is 1. The van der Waals surface area contributed by atoms with Crippen LogP contribution in [-0.4, -0.2) is 41.2 Å². The van der Waals surface area contributed by atoms with E-state index >= 15 is 0 Å². The third kappa shape index (κ3) is 7.33. The van der Waals surface area contributed by atoms with Gasteiger partial charge in [0.1, 0.15) is 18.7 Å². The second kappa shape index (κ2) is 10.8. The van der Waals surface area contributed by atoms with Gasteiger partial charge in [-0.2, -0.15) is 5.26 Å². The maximum absolute atomic E-state index is 12.4. The molecule has 0 aliphatic heterocycles. The van der Waals surface area contributed by atoms with Crippen LogP contribution in [-0.2, 0) is 20.9 Å². The molecule has 0 bridgehead atoms. The van der Waals surface area contributed by atoms with Crippen molar-refractivity contribution in [1.29, 1.82) is 5.26 Å². The van der Waals surface area contributed by atoms with Crippen molar-refractivity contribution in [3.63, 3.8) is 0 Å². The summed E-state index contributed by atoms with van der Waals surface area (Å²) in [4.78, 5) is 35.9. The molecular formula is C18H24N4O5. The highest BCUT2D eigenvalue weighted by molar-refractivity contribution is 5.91. The van der Waals surface area contributed by atoms with Gasteiger partial charge in [0.15, 0.2) is 0 Å². The molecule has 0 unspecified atom stereocenters. The Hall–Kier alpha value is -3.12. The topological polar surface area (TPSA) is 155 Å². The molecule has 0 aliphatic carbocycles. The van der Waals surface area contributed by atoms with Crippen molar-refractivity contribution in [3.05, 3.63) is 35.9 Å². The molecule has 0 saturated heterocycles. The van der Waals surface area contributed by atoms with Gasteiger partial charge in [0.05, 0.1) is 12.2 Å². The Morgan fingerprint density at radius 3 is 2.33 bits per heavy atom. The fraction of sp³-hybridized carbons (Fsp3) is 0.444. The van der Waals surface area contributed by atoms with E-state index < -0.39 is 42.0 Å². The quantitative estimate of drug-likeness (QED) is 0.482. The molecule has 27 heavy (non-hydrogen) atoms. The first kappa shape index (κ1) is 21.9. The van der Waals surface area contributed by atoms with E-state index in [-0.39, 0.29) is 13.0 Å². The molecule has 0 aliphatic rings. The van der Waals surface area contributed by atoms with Crippen molar-refractivity contribution >= 4 is 17.9 Å². The first-order valence-corrected chi connectivity index (χ1v) is 8.38. The summed E-state index contributed by atoms with van der Waals surface area (Å²) in [6, 6.07) is 8.35. The van der Waals surface area contributed by atoms with E-state index in [2.05, 4.69) is 10.6 Å². The Morgan fingerprint density at radius 2 is 1.81 bits per heavy atom. The van der Waals surface area contributed by atoms with Crippen LogP contribution in [0.3, 0.4) is 0 Å². The van der Waals surface area contributed by atoms with Crippen LogP contribution in [0.15, 0.2) is 30.3 Å². The van der Waals surface area contributed by atoms with Gasteiger partial charge >= 0.3 is 6.09 Å². The third-order valence-corrected chi connectivity index (χ3v) is 3.84. The second-order valence-corrected chi connectivity index (χ2v) is 6.15. The number of hydrogen-bond donors (Lipinski definition) is 4. The number of nitrogens with zero attached hydrogens (tertiary/aromatic N) is 1. The number of primary amides is 1. The van der Waals surface area contributed by atoms with Crippen LogP contribution < -0.4 is 16.4 Å². The Morgan fingerprint density at radius 1 is 1.19 bits per heavy atom. The number of ether oxygens (including phenoxy) is 1. The van der Waals surface area contributed by atoms with Gasteiger partial charge in [0.25, 0.3) is 0 Å². The molecule has 0 heterocycles. The van der Waals surface area contributed by atoms with Gasteiger partial charge in [-0.3, -0.25) is 9.59 Å². The summed E-state index contributed by atoms with van der Waals surface area (Å²) < 4.78 is 5.02. The summed E-state index contributed by atoms with van der Waals surface area (Å²) in [6.45, 7) is 2.88. The maximum atomic E-state index is 12.4. The first-order valence-electron chi connectivity index (χ1n) is 8.38. The Balaban J connectivity index is 2.70. The lowest BCUT2D eigenvalue weighted by Gasteiger charge is -2.25. The highest BCUT2D eigenvalue weighted by Crippen LogP contribution is 2.08. The summed E-state index contributed by atoms with van der Waals surface area (Å²) in [6.07, 6.45) is -2.16. The van der Waals surface area contributed by atoms with Crippen molar-refractivity contribution in [1.82, 2.24) is 10.6 Å². The highest BCUT2D eigenvalue weighted by Gasteiger charge is 2.31. The van der Waals surface area contributed by atoms with Gasteiger partial charge in [0.2, 0.25) is 11.8 Å². The van der Waals surface area contributed by atoms with Gasteiger partial charge in [0, 0.05) is 6.42 Å². The molecule has 1 rings (SSSR count). The molecule has 0 spiro atoms. The standard InChI is InChI=1S/C18H24N4O5/c1-11(8-9-19)14(16(20)24)21-17(25)15(12(2)23)22-18(26)27-10-13-6-4-3-5-7-13/h3-7,11-12,14-15,23H,8,10H2,1-2H3,(H2,20,24)(H,21,25)(H,22,26)/t11-,12+,14+,15-/m0/s1. The number of rotatable bonds is 9. The number of carbonyl (C=O) groups excluding carboxylic acids is 3. The summed E-state index contributed by atoms with van der Waals surface area (Å²) in [7, 11) is 0. The minimum absolute atomic E-state index is 0.000220. The van der Waals surface area contributed by atoms with Gasteiger partial charge in [-0.15, -0.1) is 0 Å². The van der Waals surface area contributed by atoms with Crippen LogP contribution in [0, 0.1) is 17.2 Å². The minimum Gasteiger partial charge on any atom is -0.445 e. The van der Waals surface area contributed by atoms with Crippen LogP contribution in [0.5, 0.6) is 0 Å². The first-order chi connectivity index (χ1) is 12.8. The number of amides is 3. The van der Waals surface area contributed by atoms with Crippen molar-refractivity contribution < 1.29 is 24.2 Å². The highest BCUT2D eigenvalue weighted by atomic mass is 16.5. The average Bonchev–Trinajstić information content (AvgIpc) is 2.62. The van der Waals surface area contributed by atoms with E-state index in [9.17, 15) is 19.5 Å². The monoisotopic (exact) mass is 376 g/mol. The molecule has 0 radical (unpaired) electrons. The molecule has 0 saturated carbocycles. The SMILES string of the molecule is C[C@@H](O)[C@H](NC(=O)OCc1ccccc1)C(=O)N[C@@H](C(N)=O)[C@@H](C)CC#N. The van der Waals surface area contributed by atoms with E-state index in [1.54, 1.807) is 31.2 Å². The molecule has 1 aromatic rings. The zero-order chi connectivity index (χ0) is 20.4. The van der Waals surface area contributed by atoms with Gasteiger partial charge in [-0.1, -0.05) is 37.3 Å². The molecular weight excluding hydrogens is 352 g/mol. The summed E-state index contributed by atoms with van der Waals surface area (Å²) in [5, 5.41) is 23.2. The normalized spacial score (nSPS) is 14.7. The fourth-order valence-electron chi connectivity index (χ4n) is 2.30. The molecule has 146 valence electrons. The van der Waals surface area contributed by atoms with E-state index in [1.807, 2.05) is 12.1 Å². The molecule has 5 N–H and O–H groups in total. The third-order valence-electron chi connectivity index (χ3n) is 3.84. The molecule has 4 atom stereocenters. The number of nitrogens with one attached hydrogen (secondary N) is 2. The number of hydrogen-bond acceptors (Lipinski definition) is 6. The van der Waals surface area contributed by atoms with E-state index in [0.29, 0.717) is 0 Å². The molecule has 0 fully saturated rings. The number of nitrogens with two attached hydrogens (primary N) is 1. The summed E-state index contributed by atoms with van der Waals surface area (Å²) in [5.74, 6) is -2.16. The molecule has 9 heteroatoms. The minimum atomic E-state index is -1.36. The number of aliphatic hydroxyl groups is 1. The van der Waals surface area contributed by atoms with Crippen molar-refractivity contribution in [2.45, 2.75) is 45.1 Å². The zero-order valence-corrected chi connectivity index (χ0v) is 15.2. The molecule has 3 amide bonds. The van der Waals surface area contributed by atoms with Gasteiger partial charge < -0.3 is 26.2 Å². The maximum Gasteiger partial charge on any atom is 0.408 e. The van der Waals surface area contributed by atoms with Gasteiger partial charge in [-0.05, 0) is 18.4 Å². The van der Waals surface area contributed by atoms with E-state index in [0.717, 1.165) is 5.56 Å². The van der Waals surface area contributed by atoms with Gasteiger partial charge in [-0.25, -0.2) is 4.79 Å². The predicted molar refractivity (Wildman–Crippen MR) is 95.8 cm³/mol. The van der Waals surface area contributed by atoms with Crippen LogP contribution in [0.1, 0.15) is 25.8 Å². The van der Waals surface area contributed by atoms with Crippen molar-refractivity contribution in [3.8, 4) is 6.07 Å². The van der Waals surface area contributed by atoms with Crippen molar-refractivity contribution in [2.75, 3.05) is 0 Å². The Kier molecular flexibility index (Phi) is 8.75. The van der Waals surface area contributed by atoms with E-state index in [4.69, 9.17) is 15.7 Å². The number of nitriles is 1. The average molecular weight is 376 g/mol. The fourth-order valence-corrected chi connectivity index (χ4v) is 2.30. The van der Waals surface area contributed by atoms with Crippen LogP contribution in [0.2, 0.25) is 0 Å². The zero-order valence-electron chi connectivity index (χ0n) is 15.2. The van der Waals surface area contributed by atoms with Crippen LogP contribution in [0.4, 0.5) is 4.79 Å². The lowest BCUT2D eigenvalue weighted by atomic mass is 9.97. The number of carbonyl (C=O) groups is 3. The van der Waals surface area contributed by atoms with E-state index in [1.165, 1.54) is 6.92 Å². The lowest BCUT2D eigenvalue weighted by molar-refractivity contribution is -0.131. The Labute approximate surface area is 157 Å². The second-order valence-electron chi connectivity index (χ2n) is 6.15. The summed E-state index contributed by atoms with van der Waals surface area (Å²) >= 11 is 0. The van der Waals surface area contributed by atoms with Crippen LogP contribution in [0.25, 0.3) is 0 Å². The number of aliphatic hydroxyl groups excluding tert-OH is 1. The largest absolute Gasteiger partial charge is 0.445 e. The molecule has 0 aromatic heterocycles. The van der Waals surface area contributed by atoms with Crippen molar-refractivity contribution in [2.24, 2.45) is 11.7 Å². The smallest absolute Gasteiger partial charge is 0.408 e. The molecule has 1 aromatic carbocycles. The number of alkyl carbamates (subject to hydrolysis) is 1.